The topological polar surface area (TPSA) is 45.8 Å². The Balaban J connectivity index is 1.58. The number of halogens is 2. The van der Waals surface area contributed by atoms with Crippen molar-refractivity contribution >= 4 is 50.5 Å². The van der Waals surface area contributed by atoms with Gasteiger partial charge in [-0.15, -0.1) is 0 Å². The van der Waals surface area contributed by atoms with Crippen LogP contribution in [0.25, 0.3) is 17.4 Å². The molecule has 140 valence electrons. The summed E-state index contributed by atoms with van der Waals surface area (Å²) in [7, 11) is 1.69. The lowest BCUT2D eigenvalue weighted by Gasteiger charge is -2.06. The maximum Gasteiger partial charge on any atom is 0.266 e. The largest absolute Gasteiger partial charge is 0.457 e. The average molecular weight is 457 g/mol. The highest BCUT2D eigenvalue weighted by Gasteiger charge is 2.30. The molecule has 1 aromatic heterocycles. The molecule has 4 rings (SSSR count). The highest BCUT2D eigenvalue weighted by atomic mass is 79.9. The Bertz CT molecular complexity index is 1110. The van der Waals surface area contributed by atoms with Crippen LogP contribution in [0, 0.1) is 5.82 Å². The third-order valence-corrected chi connectivity index (χ3v) is 5.65. The number of benzene rings is 2. The van der Waals surface area contributed by atoms with Crippen LogP contribution < -0.4 is 0 Å². The van der Waals surface area contributed by atoms with E-state index in [0.717, 1.165) is 10.2 Å². The van der Waals surface area contributed by atoms with Crippen LogP contribution in [0.1, 0.15) is 5.76 Å². The number of furan rings is 1. The second kappa shape index (κ2) is 7.77. The van der Waals surface area contributed by atoms with Crippen LogP contribution in [0.4, 0.5) is 10.1 Å². The maximum absolute atomic E-state index is 13.4. The van der Waals surface area contributed by atoms with E-state index in [1.807, 2.05) is 24.3 Å². The highest BCUT2D eigenvalue weighted by Crippen LogP contribution is 2.34. The molecule has 0 saturated carbocycles. The fourth-order valence-electron chi connectivity index (χ4n) is 2.63. The van der Waals surface area contributed by atoms with Crippen LogP contribution >= 0.6 is 27.7 Å². The molecule has 2 heterocycles. The molecule has 0 atom stereocenters. The fraction of sp³-hybridized carbons (Fsp3) is 0.0476. The zero-order valence-corrected chi connectivity index (χ0v) is 17.1. The molecule has 0 radical (unpaired) electrons. The molecule has 1 aliphatic heterocycles. The van der Waals surface area contributed by atoms with Gasteiger partial charge in [0.2, 0.25) is 0 Å². The van der Waals surface area contributed by atoms with E-state index in [9.17, 15) is 9.18 Å². The van der Waals surface area contributed by atoms with Gasteiger partial charge in [0.15, 0.2) is 5.17 Å². The lowest BCUT2D eigenvalue weighted by atomic mass is 10.2. The van der Waals surface area contributed by atoms with E-state index < -0.39 is 0 Å². The van der Waals surface area contributed by atoms with Gasteiger partial charge in [-0.2, -0.15) is 0 Å². The molecule has 0 bridgehead atoms. The number of hydrogen-bond acceptors (Lipinski definition) is 4. The summed E-state index contributed by atoms with van der Waals surface area (Å²) in [5.74, 6) is 0.586. The van der Waals surface area contributed by atoms with Crippen molar-refractivity contribution in [2.75, 3.05) is 7.05 Å². The van der Waals surface area contributed by atoms with Gasteiger partial charge in [-0.1, -0.05) is 28.1 Å². The number of amides is 1. The maximum atomic E-state index is 13.4. The minimum absolute atomic E-state index is 0.149. The van der Waals surface area contributed by atoms with Crippen molar-refractivity contribution in [3.05, 3.63) is 81.6 Å². The molecular formula is C21H14BrFN2O2S. The Kier molecular flexibility index (Phi) is 5.19. The third-order valence-electron chi connectivity index (χ3n) is 4.06. The van der Waals surface area contributed by atoms with Crippen molar-refractivity contribution in [3.8, 4) is 11.3 Å². The number of rotatable bonds is 3. The Morgan fingerprint density at radius 2 is 1.93 bits per heavy atom. The van der Waals surface area contributed by atoms with E-state index in [-0.39, 0.29) is 11.7 Å². The van der Waals surface area contributed by atoms with Gasteiger partial charge in [-0.05, 0) is 60.3 Å². The molecule has 1 aliphatic rings. The van der Waals surface area contributed by atoms with E-state index in [1.54, 1.807) is 37.4 Å². The fourth-order valence-corrected chi connectivity index (χ4v) is 3.87. The van der Waals surface area contributed by atoms with E-state index in [2.05, 4.69) is 20.9 Å². The SMILES string of the molecule is CN1C(=O)/C(=C/c2ccc(-c3cccc(F)c3)o2)SC1=Nc1ccc(Br)cc1. The Labute approximate surface area is 173 Å². The molecule has 0 N–H and O–H groups in total. The lowest BCUT2D eigenvalue weighted by Crippen LogP contribution is -2.23. The average Bonchev–Trinajstić information content (AvgIpc) is 3.25. The first kappa shape index (κ1) is 18.7. The van der Waals surface area contributed by atoms with E-state index in [0.29, 0.717) is 27.2 Å². The van der Waals surface area contributed by atoms with Crippen LogP contribution in [0.5, 0.6) is 0 Å². The van der Waals surface area contributed by atoms with Gasteiger partial charge < -0.3 is 4.42 Å². The number of hydrogen-bond donors (Lipinski definition) is 0. The van der Waals surface area contributed by atoms with Gasteiger partial charge in [0.05, 0.1) is 10.6 Å². The Hall–Kier alpha value is -2.64. The number of aliphatic imine (C=N–C) groups is 1. The van der Waals surface area contributed by atoms with Crippen LogP contribution in [0.15, 0.2) is 79.5 Å². The number of nitrogens with zero attached hydrogens (tertiary/aromatic N) is 2. The van der Waals surface area contributed by atoms with Gasteiger partial charge in [-0.25, -0.2) is 9.38 Å². The first-order chi connectivity index (χ1) is 13.5. The minimum Gasteiger partial charge on any atom is -0.457 e. The standard InChI is InChI=1S/C21H14BrFN2O2S/c1-25-20(26)19(28-21(25)24-16-7-5-14(22)6-8-16)12-17-9-10-18(27-17)13-3-2-4-15(23)11-13/h2-12H,1H3/b19-12-,24-21?. The summed E-state index contributed by atoms with van der Waals surface area (Å²) in [5.41, 5.74) is 1.41. The van der Waals surface area contributed by atoms with Crippen molar-refractivity contribution in [1.29, 1.82) is 0 Å². The monoisotopic (exact) mass is 456 g/mol. The summed E-state index contributed by atoms with van der Waals surface area (Å²) in [6.07, 6.45) is 1.68. The molecule has 0 spiro atoms. The Morgan fingerprint density at radius 1 is 1.14 bits per heavy atom. The quantitative estimate of drug-likeness (QED) is 0.448. The minimum atomic E-state index is -0.328. The van der Waals surface area contributed by atoms with Gasteiger partial charge in [-0.3, -0.25) is 9.69 Å². The summed E-state index contributed by atoms with van der Waals surface area (Å²) in [6.45, 7) is 0. The molecule has 1 fully saturated rings. The second-order valence-corrected chi connectivity index (χ2v) is 7.98. The molecular weight excluding hydrogens is 443 g/mol. The number of amidine groups is 1. The predicted molar refractivity (Wildman–Crippen MR) is 114 cm³/mol. The number of likely N-dealkylation sites (N-methyl/N-ethyl adjacent to an activating group) is 1. The summed E-state index contributed by atoms with van der Waals surface area (Å²) >= 11 is 4.67. The van der Waals surface area contributed by atoms with E-state index in [1.165, 1.54) is 28.8 Å². The summed E-state index contributed by atoms with van der Waals surface area (Å²) in [6, 6.07) is 17.2. The van der Waals surface area contributed by atoms with Gasteiger partial charge in [0, 0.05) is 23.2 Å². The number of thioether (sulfide) groups is 1. The zero-order valence-electron chi connectivity index (χ0n) is 14.7. The van der Waals surface area contributed by atoms with Crippen molar-refractivity contribution in [2.24, 2.45) is 4.99 Å². The smallest absolute Gasteiger partial charge is 0.266 e. The second-order valence-electron chi connectivity index (χ2n) is 6.06. The normalized spacial score (nSPS) is 17.1. The zero-order chi connectivity index (χ0) is 19.7. The summed E-state index contributed by atoms with van der Waals surface area (Å²) in [5, 5.41) is 0.593. The van der Waals surface area contributed by atoms with Crippen LogP contribution in [-0.4, -0.2) is 23.0 Å². The molecule has 3 aromatic rings. The van der Waals surface area contributed by atoms with Gasteiger partial charge >= 0.3 is 0 Å². The van der Waals surface area contributed by atoms with Crippen LogP contribution in [-0.2, 0) is 4.79 Å². The van der Waals surface area contributed by atoms with Crippen molar-refractivity contribution in [2.45, 2.75) is 0 Å². The molecule has 2 aromatic carbocycles. The van der Waals surface area contributed by atoms with Crippen LogP contribution in [0.3, 0.4) is 0 Å². The van der Waals surface area contributed by atoms with E-state index in [4.69, 9.17) is 4.42 Å². The highest BCUT2D eigenvalue weighted by molar-refractivity contribution is 9.10. The Morgan fingerprint density at radius 3 is 2.68 bits per heavy atom. The van der Waals surface area contributed by atoms with Crippen molar-refractivity contribution in [3.63, 3.8) is 0 Å². The number of carbonyl (C=O) groups excluding carboxylic acids is 1. The molecule has 4 nitrogen and oxygen atoms in total. The van der Waals surface area contributed by atoms with Gasteiger partial charge in [0.1, 0.15) is 17.3 Å². The summed E-state index contributed by atoms with van der Waals surface area (Å²) in [4.78, 5) is 19.1. The molecule has 28 heavy (non-hydrogen) atoms. The molecule has 0 aliphatic carbocycles. The summed E-state index contributed by atoms with van der Waals surface area (Å²) < 4.78 is 20.1. The first-order valence-electron chi connectivity index (χ1n) is 8.37. The molecule has 7 heteroatoms. The predicted octanol–water partition coefficient (Wildman–Crippen LogP) is 6.08. The lowest BCUT2D eigenvalue weighted by molar-refractivity contribution is -0.121. The molecule has 1 saturated heterocycles. The van der Waals surface area contributed by atoms with Crippen molar-refractivity contribution in [1.82, 2.24) is 4.90 Å². The molecule has 1 amide bonds. The first-order valence-corrected chi connectivity index (χ1v) is 9.98. The third kappa shape index (κ3) is 3.95. The molecule has 0 unspecified atom stereocenters. The number of carbonyl (C=O) groups is 1. The van der Waals surface area contributed by atoms with E-state index >= 15 is 0 Å². The van der Waals surface area contributed by atoms with Gasteiger partial charge in [0.25, 0.3) is 5.91 Å². The van der Waals surface area contributed by atoms with Crippen LogP contribution in [0.2, 0.25) is 0 Å². The van der Waals surface area contributed by atoms with Crippen molar-refractivity contribution < 1.29 is 13.6 Å².